The molecule has 1 N–H and O–H groups in total. The lowest BCUT2D eigenvalue weighted by molar-refractivity contribution is -0.0543. The number of aromatic nitrogens is 2. The van der Waals surface area contributed by atoms with Crippen LogP contribution in [0.25, 0.3) is 0 Å². The molecule has 3 nitrogen and oxygen atoms in total. The van der Waals surface area contributed by atoms with Gasteiger partial charge in [-0.3, -0.25) is 4.68 Å². The second-order valence-corrected chi connectivity index (χ2v) is 4.06. The van der Waals surface area contributed by atoms with Crippen molar-refractivity contribution < 1.29 is 5.11 Å². The first kappa shape index (κ1) is 7.80. The van der Waals surface area contributed by atoms with Crippen molar-refractivity contribution >= 4 is 0 Å². The molecule has 0 amide bonds. The van der Waals surface area contributed by atoms with Gasteiger partial charge in [0.05, 0.1) is 17.8 Å². The summed E-state index contributed by atoms with van der Waals surface area (Å²) in [4.78, 5) is 0. The summed E-state index contributed by atoms with van der Waals surface area (Å²) in [6, 6.07) is 0.411. The van der Waals surface area contributed by atoms with E-state index in [0.29, 0.717) is 6.04 Å². The van der Waals surface area contributed by atoms with E-state index in [4.69, 9.17) is 0 Å². The van der Waals surface area contributed by atoms with Gasteiger partial charge in [0.25, 0.3) is 0 Å². The van der Waals surface area contributed by atoms with Crippen LogP contribution in [0.4, 0.5) is 0 Å². The van der Waals surface area contributed by atoms with Crippen LogP contribution in [0, 0.1) is 6.92 Å². The minimum Gasteiger partial charge on any atom is -0.390 e. The summed E-state index contributed by atoms with van der Waals surface area (Å²) in [5.74, 6) is 0. The summed E-state index contributed by atoms with van der Waals surface area (Å²) in [5.41, 5.74) is 0.728. The SMILES string of the molecule is Cc1cnn(C2CC(C)(O)C2)c1. The molecule has 0 aromatic carbocycles. The first-order valence-corrected chi connectivity index (χ1v) is 4.30. The number of rotatable bonds is 1. The smallest absolute Gasteiger partial charge is 0.0660 e. The first-order valence-electron chi connectivity index (χ1n) is 4.30. The molecule has 1 aliphatic carbocycles. The molecule has 0 spiro atoms. The van der Waals surface area contributed by atoms with Crippen molar-refractivity contribution in [3.63, 3.8) is 0 Å². The Balaban J connectivity index is 2.06. The molecule has 0 unspecified atom stereocenters. The molecule has 1 aromatic heterocycles. The number of hydrogen-bond donors (Lipinski definition) is 1. The van der Waals surface area contributed by atoms with E-state index in [9.17, 15) is 5.11 Å². The second kappa shape index (κ2) is 2.33. The van der Waals surface area contributed by atoms with Crippen LogP contribution in [0.1, 0.15) is 31.4 Å². The number of aryl methyl sites for hydroxylation is 1. The molecule has 0 saturated heterocycles. The first-order chi connectivity index (χ1) is 5.57. The summed E-state index contributed by atoms with van der Waals surface area (Å²) in [6.07, 6.45) is 5.54. The van der Waals surface area contributed by atoms with Crippen LogP contribution < -0.4 is 0 Å². The maximum absolute atomic E-state index is 9.51. The molecular weight excluding hydrogens is 152 g/mol. The molecule has 1 saturated carbocycles. The molecule has 66 valence electrons. The van der Waals surface area contributed by atoms with Crippen LogP contribution in [-0.4, -0.2) is 20.5 Å². The third kappa shape index (κ3) is 1.25. The van der Waals surface area contributed by atoms with E-state index in [1.165, 1.54) is 5.56 Å². The lowest BCUT2D eigenvalue weighted by atomic mass is 9.77. The summed E-state index contributed by atoms with van der Waals surface area (Å²) in [5, 5.41) is 13.7. The Morgan fingerprint density at radius 2 is 2.33 bits per heavy atom. The zero-order valence-electron chi connectivity index (χ0n) is 7.49. The third-order valence-electron chi connectivity index (χ3n) is 2.46. The Hall–Kier alpha value is -0.830. The van der Waals surface area contributed by atoms with Gasteiger partial charge in [-0.15, -0.1) is 0 Å². The highest BCUT2D eigenvalue weighted by molar-refractivity contribution is 5.03. The molecule has 0 bridgehead atoms. The molecule has 1 heterocycles. The Kier molecular flexibility index (Phi) is 1.51. The van der Waals surface area contributed by atoms with Gasteiger partial charge < -0.3 is 5.11 Å². The zero-order valence-corrected chi connectivity index (χ0v) is 7.49. The lowest BCUT2D eigenvalue weighted by Crippen LogP contribution is -2.42. The zero-order chi connectivity index (χ0) is 8.77. The van der Waals surface area contributed by atoms with Gasteiger partial charge in [-0.05, 0) is 32.3 Å². The maximum Gasteiger partial charge on any atom is 0.0660 e. The predicted octanol–water partition coefficient (Wildman–Crippen LogP) is 1.28. The van der Waals surface area contributed by atoms with Crippen LogP contribution in [0.15, 0.2) is 12.4 Å². The monoisotopic (exact) mass is 166 g/mol. The second-order valence-electron chi connectivity index (χ2n) is 4.06. The van der Waals surface area contributed by atoms with Gasteiger partial charge in [0.2, 0.25) is 0 Å². The molecule has 12 heavy (non-hydrogen) atoms. The van der Waals surface area contributed by atoms with Crippen molar-refractivity contribution in [1.82, 2.24) is 9.78 Å². The van der Waals surface area contributed by atoms with Crippen molar-refractivity contribution in [3.05, 3.63) is 18.0 Å². The van der Waals surface area contributed by atoms with Crippen LogP contribution in [0.5, 0.6) is 0 Å². The molecule has 1 aromatic rings. The van der Waals surface area contributed by atoms with Crippen LogP contribution in [0.3, 0.4) is 0 Å². The summed E-state index contributed by atoms with van der Waals surface area (Å²) >= 11 is 0. The highest BCUT2D eigenvalue weighted by Gasteiger charge is 2.39. The highest BCUT2D eigenvalue weighted by Crippen LogP contribution is 2.40. The van der Waals surface area contributed by atoms with Crippen LogP contribution in [0.2, 0.25) is 0 Å². The van der Waals surface area contributed by atoms with Crippen molar-refractivity contribution in [2.24, 2.45) is 0 Å². The van der Waals surface area contributed by atoms with E-state index in [1.807, 2.05) is 30.9 Å². The van der Waals surface area contributed by atoms with E-state index in [1.54, 1.807) is 0 Å². The van der Waals surface area contributed by atoms with Gasteiger partial charge in [0.15, 0.2) is 0 Å². The minimum absolute atomic E-state index is 0.411. The molecule has 0 radical (unpaired) electrons. The maximum atomic E-state index is 9.51. The fraction of sp³-hybridized carbons (Fsp3) is 0.667. The van der Waals surface area contributed by atoms with Crippen molar-refractivity contribution in [1.29, 1.82) is 0 Å². The van der Waals surface area contributed by atoms with E-state index >= 15 is 0 Å². The largest absolute Gasteiger partial charge is 0.390 e. The predicted molar refractivity (Wildman–Crippen MR) is 45.9 cm³/mol. The van der Waals surface area contributed by atoms with Gasteiger partial charge in [-0.2, -0.15) is 5.10 Å². The standard InChI is InChI=1S/C9H14N2O/c1-7-5-10-11(6-7)8-3-9(2,12)4-8/h5-6,8,12H,3-4H2,1-2H3. The lowest BCUT2D eigenvalue weighted by Gasteiger charge is -2.40. The van der Waals surface area contributed by atoms with Crippen molar-refractivity contribution in [3.8, 4) is 0 Å². The Morgan fingerprint density at radius 1 is 1.67 bits per heavy atom. The Morgan fingerprint density at radius 3 is 2.75 bits per heavy atom. The number of nitrogens with zero attached hydrogens (tertiary/aromatic N) is 2. The number of hydrogen-bond acceptors (Lipinski definition) is 2. The molecule has 1 fully saturated rings. The van der Waals surface area contributed by atoms with Gasteiger partial charge >= 0.3 is 0 Å². The van der Waals surface area contributed by atoms with E-state index < -0.39 is 5.60 Å². The van der Waals surface area contributed by atoms with E-state index in [0.717, 1.165) is 12.8 Å². The van der Waals surface area contributed by atoms with Crippen LogP contribution in [-0.2, 0) is 0 Å². The highest BCUT2D eigenvalue weighted by atomic mass is 16.3. The summed E-state index contributed by atoms with van der Waals surface area (Å²) < 4.78 is 1.95. The third-order valence-corrected chi connectivity index (χ3v) is 2.46. The quantitative estimate of drug-likeness (QED) is 0.682. The fourth-order valence-corrected chi connectivity index (χ4v) is 1.78. The Labute approximate surface area is 72.0 Å². The molecule has 0 aliphatic heterocycles. The summed E-state index contributed by atoms with van der Waals surface area (Å²) in [7, 11) is 0. The molecule has 0 atom stereocenters. The van der Waals surface area contributed by atoms with Gasteiger partial charge in [0.1, 0.15) is 0 Å². The number of aliphatic hydroxyl groups is 1. The van der Waals surface area contributed by atoms with E-state index in [-0.39, 0.29) is 0 Å². The molecule has 3 heteroatoms. The van der Waals surface area contributed by atoms with E-state index in [2.05, 4.69) is 5.10 Å². The average Bonchev–Trinajstić information content (AvgIpc) is 2.30. The van der Waals surface area contributed by atoms with Crippen molar-refractivity contribution in [2.45, 2.75) is 38.3 Å². The van der Waals surface area contributed by atoms with Gasteiger partial charge in [-0.25, -0.2) is 0 Å². The molecule has 1 aliphatic rings. The minimum atomic E-state index is -0.454. The topological polar surface area (TPSA) is 38.0 Å². The average molecular weight is 166 g/mol. The molecule has 2 rings (SSSR count). The Bertz CT molecular complexity index is 282. The summed E-state index contributed by atoms with van der Waals surface area (Å²) in [6.45, 7) is 3.90. The normalized spacial score (nSPS) is 34.8. The fourth-order valence-electron chi connectivity index (χ4n) is 1.78. The van der Waals surface area contributed by atoms with Crippen molar-refractivity contribution in [2.75, 3.05) is 0 Å². The van der Waals surface area contributed by atoms with Crippen LogP contribution >= 0.6 is 0 Å². The van der Waals surface area contributed by atoms with Gasteiger partial charge in [-0.1, -0.05) is 0 Å². The van der Waals surface area contributed by atoms with Gasteiger partial charge in [0, 0.05) is 6.20 Å². The molecular formula is C9H14N2O.